The third kappa shape index (κ3) is 4.68. The van der Waals surface area contributed by atoms with Crippen LogP contribution in [0.4, 0.5) is 5.69 Å². The molecule has 170 valence electrons. The number of anilines is 1. The first kappa shape index (κ1) is 21.1. The van der Waals surface area contributed by atoms with Gasteiger partial charge in [0.2, 0.25) is 0 Å². The molecule has 1 amide bonds. The van der Waals surface area contributed by atoms with Crippen molar-refractivity contribution in [3.63, 3.8) is 0 Å². The van der Waals surface area contributed by atoms with Gasteiger partial charge in [0, 0.05) is 50.0 Å². The van der Waals surface area contributed by atoms with Crippen molar-refractivity contribution in [1.29, 1.82) is 0 Å². The molecule has 0 spiro atoms. The van der Waals surface area contributed by atoms with E-state index in [0.29, 0.717) is 49.1 Å². The number of fused-ring (bicyclic) bond motifs is 1. The van der Waals surface area contributed by atoms with Gasteiger partial charge in [-0.15, -0.1) is 0 Å². The molecule has 8 nitrogen and oxygen atoms in total. The van der Waals surface area contributed by atoms with E-state index in [9.17, 15) is 13.2 Å². The Bertz CT molecular complexity index is 1110. The van der Waals surface area contributed by atoms with Crippen LogP contribution in [0.5, 0.6) is 11.5 Å². The summed E-state index contributed by atoms with van der Waals surface area (Å²) in [5.41, 5.74) is 0.820. The van der Waals surface area contributed by atoms with Gasteiger partial charge in [0.1, 0.15) is 13.2 Å². The first-order valence-electron chi connectivity index (χ1n) is 11.0. The Kier molecular flexibility index (Phi) is 5.69. The van der Waals surface area contributed by atoms with Crippen molar-refractivity contribution in [2.24, 2.45) is 5.92 Å². The number of nitrogens with one attached hydrogen (secondary N) is 1. The summed E-state index contributed by atoms with van der Waals surface area (Å²) >= 11 is 0. The fraction of sp³-hybridized carbons (Fsp3) is 0.435. The molecule has 32 heavy (non-hydrogen) atoms. The number of carbonyl (C=O) groups is 1. The van der Waals surface area contributed by atoms with Crippen LogP contribution >= 0.6 is 0 Å². The van der Waals surface area contributed by atoms with E-state index in [-0.39, 0.29) is 10.8 Å². The van der Waals surface area contributed by atoms with E-state index < -0.39 is 10.0 Å². The molecule has 2 fully saturated rings. The van der Waals surface area contributed by atoms with Gasteiger partial charge >= 0.3 is 0 Å². The predicted octanol–water partition coefficient (Wildman–Crippen LogP) is 2.43. The third-order valence-electron chi connectivity index (χ3n) is 6.06. The molecule has 1 aliphatic carbocycles. The summed E-state index contributed by atoms with van der Waals surface area (Å²) in [4.78, 5) is 17.3. The van der Waals surface area contributed by atoms with Gasteiger partial charge in [-0.2, -0.15) is 0 Å². The highest BCUT2D eigenvalue weighted by molar-refractivity contribution is 7.92. The zero-order valence-electron chi connectivity index (χ0n) is 17.8. The molecule has 0 aromatic heterocycles. The van der Waals surface area contributed by atoms with Gasteiger partial charge in [-0.1, -0.05) is 6.07 Å². The van der Waals surface area contributed by atoms with Gasteiger partial charge in [-0.3, -0.25) is 14.4 Å². The normalized spacial score (nSPS) is 18.9. The molecular formula is C23H27N3O5S. The molecule has 2 heterocycles. The lowest BCUT2D eigenvalue weighted by atomic mass is 10.1. The van der Waals surface area contributed by atoms with Crippen LogP contribution in [0, 0.1) is 5.92 Å². The van der Waals surface area contributed by atoms with Crippen molar-refractivity contribution in [1.82, 2.24) is 9.80 Å². The molecule has 1 saturated carbocycles. The van der Waals surface area contributed by atoms with Crippen molar-refractivity contribution < 1.29 is 22.7 Å². The van der Waals surface area contributed by atoms with E-state index in [1.165, 1.54) is 25.0 Å². The Labute approximate surface area is 188 Å². The quantitative estimate of drug-likeness (QED) is 0.717. The second-order valence-corrected chi connectivity index (χ2v) is 10.2. The Morgan fingerprint density at radius 3 is 2.47 bits per heavy atom. The number of amides is 1. The average Bonchev–Trinajstić information content (AvgIpc) is 3.63. The van der Waals surface area contributed by atoms with E-state index in [1.54, 1.807) is 30.3 Å². The minimum absolute atomic E-state index is 0.0727. The summed E-state index contributed by atoms with van der Waals surface area (Å²) in [6.45, 7) is 5.12. The van der Waals surface area contributed by atoms with Gasteiger partial charge in [0.05, 0.1) is 4.90 Å². The first-order chi connectivity index (χ1) is 15.5. The second kappa shape index (κ2) is 8.63. The van der Waals surface area contributed by atoms with Crippen LogP contribution in [-0.2, 0) is 10.0 Å². The minimum atomic E-state index is -3.84. The fourth-order valence-corrected chi connectivity index (χ4v) is 5.17. The van der Waals surface area contributed by atoms with E-state index in [4.69, 9.17) is 9.47 Å². The summed E-state index contributed by atoms with van der Waals surface area (Å²) < 4.78 is 39.3. The number of benzene rings is 2. The number of ether oxygens (including phenoxy) is 2. The van der Waals surface area contributed by atoms with Gasteiger partial charge < -0.3 is 14.4 Å². The Balaban J connectivity index is 1.26. The number of carbonyl (C=O) groups excluding carboxylic acids is 1. The lowest BCUT2D eigenvalue weighted by Crippen LogP contribution is -2.49. The van der Waals surface area contributed by atoms with Crippen LogP contribution in [0.3, 0.4) is 0 Å². The van der Waals surface area contributed by atoms with Gasteiger partial charge in [-0.25, -0.2) is 8.42 Å². The molecule has 0 atom stereocenters. The van der Waals surface area contributed by atoms with E-state index in [1.807, 2.05) is 4.90 Å². The zero-order chi connectivity index (χ0) is 22.1. The predicted molar refractivity (Wildman–Crippen MR) is 120 cm³/mol. The number of hydrogen-bond acceptors (Lipinski definition) is 6. The molecule has 0 unspecified atom stereocenters. The molecule has 1 N–H and O–H groups in total. The van der Waals surface area contributed by atoms with Crippen LogP contribution in [0.1, 0.15) is 23.2 Å². The topological polar surface area (TPSA) is 88.2 Å². The smallest absolute Gasteiger partial charge is 0.262 e. The number of rotatable bonds is 6. The Morgan fingerprint density at radius 1 is 0.969 bits per heavy atom. The van der Waals surface area contributed by atoms with Gasteiger partial charge in [-0.05, 0) is 49.1 Å². The summed E-state index contributed by atoms with van der Waals surface area (Å²) in [6.07, 6.45) is 2.65. The molecule has 2 aromatic rings. The highest BCUT2D eigenvalue weighted by Gasteiger charge is 2.28. The minimum Gasteiger partial charge on any atom is -0.486 e. The largest absolute Gasteiger partial charge is 0.486 e. The SMILES string of the molecule is O=C(c1cccc(NS(=O)(=O)c2ccc3c(c2)OCCO3)c1)N1CCN(CC2CC2)CC1. The number of sulfonamides is 1. The van der Waals surface area contributed by atoms with Crippen LogP contribution in [0.2, 0.25) is 0 Å². The molecular weight excluding hydrogens is 430 g/mol. The van der Waals surface area contributed by atoms with E-state index in [0.717, 1.165) is 25.6 Å². The summed E-state index contributed by atoms with van der Waals surface area (Å²) in [6, 6.07) is 11.2. The number of nitrogens with zero attached hydrogens (tertiary/aromatic N) is 2. The van der Waals surface area contributed by atoms with Crippen molar-refractivity contribution in [3.05, 3.63) is 48.0 Å². The molecule has 2 aliphatic heterocycles. The summed E-state index contributed by atoms with van der Waals surface area (Å²) in [7, 11) is -3.84. The zero-order valence-corrected chi connectivity index (χ0v) is 18.6. The maximum atomic E-state index is 13.0. The van der Waals surface area contributed by atoms with Crippen molar-refractivity contribution in [3.8, 4) is 11.5 Å². The number of hydrogen-bond donors (Lipinski definition) is 1. The number of piperazine rings is 1. The summed E-state index contributed by atoms with van der Waals surface area (Å²) in [5, 5.41) is 0. The van der Waals surface area contributed by atoms with E-state index >= 15 is 0 Å². The van der Waals surface area contributed by atoms with E-state index in [2.05, 4.69) is 9.62 Å². The molecule has 1 saturated heterocycles. The Hall–Kier alpha value is -2.78. The highest BCUT2D eigenvalue weighted by Crippen LogP contribution is 2.33. The van der Waals surface area contributed by atoms with Crippen molar-refractivity contribution in [2.45, 2.75) is 17.7 Å². The van der Waals surface area contributed by atoms with Crippen LogP contribution in [-0.4, -0.2) is 70.1 Å². The monoisotopic (exact) mass is 457 g/mol. The summed E-state index contributed by atoms with van der Waals surface area (Å²) in [5.74, 6) is 1.71. The third-order valence-corrected chi connectivity index (χ3v) is 7.44. The maximum Gasteiger partial charge on any atom is 0.262 e. The highest BCUT2D eigenvalue weighted by atomic mass is 32.2. The van der Waals surface area contributed by atoms with Crippen LogP contribution in [0.25, 0.3) is 0 Å². The molecule has 0 bridgehead atoms. The van der Waals surface area contributed by atoms with Crippen molar-refractivity contribution in [2.75, 3.05) is 50.7 Å². The van der Waals surface area contributed by atoms with Crippen LogP contribution in [0.15, 0.2) is 47.4 Å². The Morgan fingerprint density at radius 2 is 1.72 bits per heavy atom. The fourth-order valence-electron chi connectivity index (χ4n) is 4.10. The molecule has 0 radical (unpaired) electrons. The average molecular weight is 458 g/mol. The van der Waals surface area contributed by atoms with Crippen molar-refractivity contribution >= 4 is 21.6 Å². The lowest BCUT2D eigenvalue weighted by molar-refractivity contribution is 0.0632. The maximum absolute atomic E-state index is 13.0. The molecule has 5 rings (SSSR count). The second-order valence-electron chi connectivity index (χ2n) is 8.53. The molecule has 9 heteroatoms. The van der Waals surface area contributed by atoms with Gasteiger partial charge in [0.15, 0.2) is 11.5 Å². The lowest BCUT2D eigenvalue weighted by Gasteiger charge is -2.34. The van der Waals surface area contributed by atoms with Crippen LogP contribution < -0.4 is 14.2 Å². The molecule has 2 aromatic carbocycles. The standard InChI is InChI=1S/C23H27N3O5S/c27-23(26-10-8-25(9-11-26)16-17-4-5-17)18-2-1-3-19(14-18)24-32(28,29)20-6-7-21-22(15-20)31-13-12-30-21/h1-3,6-7,14-15,17,24H,4-5,8-13,16H2. The molecule has 3 aliphatic rings. The van der Waals surface area contributed by atoms with Gasteiger partial charge in [0.25, 0.3) is 15.9 Å². The first-order valence-corrected chi connectivity index (χ1v) is 12.5.